The van der Waals surface area contributed by atoms with E-state index in [4.69, 9.17) is 9.15 Å². The first-order chi connectivity index (χ1) is 12.6. The first-order valence-electron chi connectivity index (χ1n) is 7.56. The Hall–Kier alpha value is -3.68. The number of carbonyl (C=O) groups is 3. The van der Waals surface area contributed by atoms with Crippen LogP contribution in [0.4, 0.5) is 5.69 Å². The lowest BCUT2D eigenvalue weighted by atomic mass is 10.2. The minimum atomic E-state index is -0.707. The van der Waals surface area contributed by atoms with Gasteiger partial charge in [-0.25, -0.2) is 14.6 Å². The number of amides is 1. The van der Waals surface area contributed by atoms with Gasteiger partial charge in [-0.05, 0) is 24.3 Å². The number of hydrogen-bond donors (Lipinski definition) is 1. The number of fused-ring (bicyclic) bond motifs is 1. The Morgan fingerprint density at radius 2 is 1.81 bits per heavy atom. The van der Waals surface area contributed by atoms with Crippen LogP contribution in [0.2, 0.25) is 0 Å². The number of nitrogens with zero attached hydrogens (tertiary/aromatic N) is 1. The molecule has 1 amide bonds. The van der Waals surface area contributed by atoms with Crippen LogP contribution in [-0.2, 0) is 14.3 Å². The van der Waals surface area contributed by atoms with Crippen molar-refractivity contribution in [1.82, 2.24) is 4.98 Å². The van der Waals surface area contributed by atoms with E-state index >= 15 is 0 Å². The number of para-hydroxylation sites is 2. The number of benzene rings is 2. The topological polar surface area (TPSA) is 108 Å². The van der Waals surface area contributed by atoms with Crippen molar-refractivity contribution in [3.63, 3.8) is 0 Å². The minimum Gasteiger partial charge on any atom is -0.465 e. The van der Waals surface area contributed by atoms with Gasteiger partial charge in [0.05, 0.1) is 23.9 Å². The summed E-state index contributed by atoms with van der Waals surface area (Å²) < 4.78 is 14.8. The maximum atomic E-state index is 12.2. The Labute approximate surface area is 147 Å². The van der Waals surface area contributed by atoms with E-state index in [9.17, 15) is 14.4 Å². The Kier molecular flexibility index (Phi) is 4.93. The summed E-state index contributed by atoms with van der Waals surface area (Å²) in [6.07, 6.45) is 1.22. The van der Waals surface area contributed by atoms with Crippen molar-refractivity contribution in [2.24, 2.45) is 0 Å². The van der Waals surface area contributed by atoms with Gasteiger partial charge in [0, 0.05) is 0 Å². The number of nitrogens with one attached hydrogen (secondary N) is 1. The van der Waals surface area contributed by atoms with E-state index in [1.807, 2.05) is 0 Å². The molecule has 2 aromatic carbocycles. The van der Waals surface area contributed by atoms with Crippen molar-refractivity contribution in [3.8, 4) is 0 Å². The molecule has 3 aromatic rings. The van der Waals surface area contributed by atoms with Gasteiger partial charge in [-0.15, -0.1) is 0 Å². The highest BCUT2D eigenvalue weighted by molar-refractivity contribution is 6.04. The molecule has 0 spiro atoms. The van der Waals surface area contributed by atoms with Gasteiger partial charge in [-0.2, -0.15) is 0 Å². The SMILES string of the molecule is COC(=O)c1ccccc1NC(=O)COC(=O)c1cccc2ocnc12. The zero-order valence-corrected chi connectivity index (χ0v) is 13.7. The maximum absolute atomic E-state index is 12.2. The molecule has 0 fully saturated rings. The van der Waals surface area contributed by atoms with Crippen molar-refractivity contribution in [3.05, 3.63) is 60.0 Å². The van der Waals surface area contributed by atoms with E-state index in [0.29, 0.717) is 11.1 Å². The van der Waals surface area contributed by atoms with Crippen molar-refractivity contribution >= 4 is 34.6 Å². The number of oxazole rings is 1. The van der Waals surface area contributed by atoms with E-state index < -0.39 is 24.5 Å². The van der Waals surface area contributed by atoms with Crippen LogP contribution in [-0.4, -0.2) is 36.5 Å². The van der Waals surface area contributed by atoms with Crippen LogP contribution in [0.15, 0.2) is 53.3 Å². The molecule has 0 bridgehead atoms. The summed E-state index contributed by atoms with van der Waals surface area (Å²) in [5, 5.41) is 2.51. The first kappa shape index (κ1) is 17.2. The maximum Gasteiger partial charge on any atom is 0.340 e. The van der Waals surface area contributed by atoms with Crippen LogP contribution in [0.5, 0.6) is 0 Å². The highest BCUT2D eigenvalue weighted by Crippen LogP contribution is 2.18. The van der Waals surface area contributed by atoms with Gasteiger partial charge in [0.15, 0.2) is 18.6 Å². The predicted octanol–water partition coefficient (Wildman–Crippen LogP) is 2.41. The van der Waals surface area contributed by atoms with Gasteiger partial charge >= 0.3 is 11.9 Å². The van der Waals surface area contributed by atoms with Crippen LogP contribution >= 0.6 is 0 Å². The number of aromatic nitrogens is 1. The van der Waals surface area contributed by atoms with Crippen molar-refractivity contribution < 1.29 is 28.3 Å². The molecule has 0 aliphatic heterocycles. The van der Waals surface area contributed by atoms with Gasteiger partial charge < -0.3 is 19.2 Å². The van der Waals surface area contributed by atoms with E-state index in [1.165, 1.54) is 25.6 Å². The molecule has 0 atom stereocenters. The number of esters is 2. The quantitative estimate of drug-likeness (QED) is 0.701. The Morgan fingerprint density at radius 1 is 1.04 bits per heavy atom. The van der Waals surface area contributed by atoms with Crippen LogP contribution in [0.1, 0.15) is 20.7 Å². The molecule has 3 rings (SSSR count). The van der Waals surface area contributed by atoms with Gasteiger partial charge in [0.25, 0.3) is 5.91 Å². The summed E-state index contributed by atoms with van der Waals surface area (Å²) in [6.45, 7) is -0.525. The average molecular weight is 354 g/mol. The molecule has 0 aliphatic carbocycles. The number of methoxy groups -OCH3 is 1. The summed E-state index contributed by atoms with van der Waals surface area (Å²) in [4.78, 5) is 39.9. The van der Waals surface area contributed by atoms with Crippen LogP contribution in [0, 0.1) is 0 Å². The summed E-state index contributed by atoms with van der Waals surface area (Å²) >= 11 is 0. The average Bonchev–Trinajstić information content (AvgIpc) is 3.14. The molecule has 1 aromatic heterocycles. The smallest absolute Gasteiger partial charge is 0.340 e. The fraction of sp³-hybridized carbons (Fsp3) is 0.111. The third-order valence-corrected chi connectivity index (χ3v) is 3.52. The molecule has 0 aliphatic rings. The number of ether oxygens (including phenoxy) is 2. The van der Waals surface area contributed by atoms with E-state index in [2.05, 4.69) is 15.0 Å². The first-order valence-corrected chi connectivity index (χ1v) is 7.56. The molecule has 0 unspecified atom stereocenters. The molecule has 0 radical (unpaired) electrons. The fourth-order valence-corrected chi connectivity index (χ4v) is 2.33. The fourth-order valence-electron chi connectivity index (χ4n) is 2.33. The zero-order valence-electron chi connectivity index (χ0n) is 13.7. The predicted molar refractivity (Wildman–Crippen MR) is 90.7 cm³/mol. The molecule has 1 N–H and O–H groups in total. The van der Waals surface area contributed by atoms with Crippen molar-refractivity contribution in [1.29, 1.82) is 0 Å². The molecule has 8 nitrogen and oxygen atoms in total. The number of carbonyl (C=O) groups excluding carboxylic acids is 3. The number of anilines is 1. The molecular weight excluding hydrogens is 340 g/mol. The normalized spacial score (nSPS) is 10.3. The van der Waals surface area contributed by atoms with Crippen LogP contribution in [0.25, 0.3) is 11.1 Å². The number of rotatable bonds is 5. The minimum absolute atomic E-state index is 0.194. The lowest BCUT2D eigenvalue weighted by Gasteiger charge is -2.10. The van der Waals surface area contributed by atoms with Crippen LogP contribution in [0.3, 0.4) is 0 Å². The third kappa shape index (κ3) is 3.54. The Morgan fingerprint density at radius 3 is 2.62 bits per heavy atom. The standard InChI is InChI=1S/C18H14N2O6/c1-24-17(22)11-5-2-3-7-13(11)20-15(21)9-25-18(23)12-6-4-8-14-16(12)19-10-26-14/h2-8,10H,9H2,1H3,(H,20,21). The zero-order chi connectivity index (χ0) is 18.5. The molecule has 132 valence electrons. The second-order valence-electron chi connectivity index (χ2n) is 5.17. The van der Waals surface area contributed by atoms with Gasteiger partial charge in [-0.1, -0.05) is 18.2 Å². The van der Waals surface area contributed by atoms with Gasteiger partial charge in [0.1, 0.15) is 5.52 Å². The molecule has 0 saturated carbocycles. The molecule has 8 heteroatoms. The Bertz CT molecular complexity index is 978. The van der Waals surface area contributed by atoms with Gasteiger partial charge in [-0.3, -0.25) is 4.79 Å². The number of hydrogen-bond acceptors (Lipinski definition) is 7. The van der Waals surface area contributed by atoms with Crippen molar-refractivity contribution in [2.75, 3.05) is 19.0 Å². The summed E-state index contributed by atoms with van der Waals surface area (Å²) in [7, 11) is 1.24. The van der Waals surface area contributed by atoms with E-state index in [-0.39, 0.29) is 16.8 Å². The highest BCUT2D eigenvalue weighted by Gasteiger charge is 2.17. The van der Waals surface area contributed by atoms with E-state index in [0.717, 1.165) is 0 Å². The Balaban J connectivity index is 1.66. The summed E-state index contributed by atoms with van der Waals surface area (Å²) in [5.74, 6) is -1.89. The lowest BCUT2D eigenvalue weighted by molar-refractivity contribution is -0.119. The largest absolute Gasteiger partial charge is 0.465 e. The monoisotopic (exact) mass is 354 g/mol. The van der Waals surface area contributed by atoms with Gasteiger partial charge in [0.2, 0.25) is 0 Å². The lowest BCUT2D eigenvalue weighted by Crippen LogP contribution is -2.22. The second kappa shape index (κ2) is 7.47. The molecular formula is C18H14N2O6. The molecule has 26 heavy (non-hydrogen) atoms. The van der Waals surface area contributed by atoms with E-state index in [1.54, 1.807) is 30.3 Å². The molecule has 0 saturated heterocycles. The van der Waals surface area contributed by atoms with Crippen molar-refractivity contribution in [2.45, 2.75) is 0 Å². The second-order valence-corrected chi connectivity index (χ2v) is 5.17. The summed E-state index contributed by atoms with van der Waals surface area (Å²) in [5.41, 5.74) is 1.45. The third-order valence-electron chi connectivity index (χ3n) is 3.52. The highest BCUT2D eigenvalue weighted by atomic mass is 16.5. The summed E-state index contributed by atoms with van der Waals surface area (Å²) in [6, 6.07) is 11.2. The van der Waals surface area contributed by atoms with Crippen LogP contribution < -0.4 is 5.32 Å². The molecule has 1 heterocycles.